The molecule has 1 fully saturated rings. The fourth-order valence-corrected chi connectivity index (χ4v) is 11.8. The van der Waals surface area contributed by atoms with E-state index in [4.69, 9.17) is 0 Å². The number of benzene rings is 8. The third-order valence-electron chi connectivity index (χ3n) is 15.5. The van der Waals surface area contributed by atoms with Gasteiger partial charge in [0.05, 0.1) is 0 Å². The number of rotatable bonds is 10. The summed E-state index contributed by atoms with van der Waals surface area (Å²) >= 11 is 0. The summed E-state index contributed by atoms with van der Waals surface area (Å²) in [5, 5.41) is 5.28. The monoisotopic (exact) mass is 911 g/mol. The summed E-state index contributed by atoms with van der Waals surface area (Å²) in [7, 11) is 0. The standard InChI is InChI=1S/C67H64N3/c1-47-31-37-61-59(45-47)66(3,4)63(68(61)43-41-51-23-17-21-49-19-13-15-29-57(49)51)39-35-53-33-34-54(65(53)70(55-25-9-7-10-26-55)56-27-11-8-12-28-56)36-40-64-67(5,6)60-46-48(2)32-38-62(60)69(64)44-42-52-24-18-22-50-20-14-16-30-58(50)52/h7-32,35-40,45-46H,33-34,41-44H2,1-6H3/q+1. The maximum Gasteiger partial charge on any atom is 0.218 e. The lowest BCUT2D eigenvalue weighted by Crippen LogP contribution is -2.28. The second-order valence-electron chi connectivity index (χ2n) is 20.7. The number of allylic oxidation sites excluding steroid dienone is 8. The van der Waals surface area contributed by atoms with Gasteiger partial charge in [0.15, 0.2) is 0 Å². The number of hydrogen-bond donors (Lipinski definition) is 0. The molecule has 8 aromatic carbocycles. The molecule has 1 aliphatic carbocycles. The van der Waals surface area contributed by atoms with E-state index in [0.29, 0.717) is 0 Å². The van der Waals surface area contributed by atoms with Crippen molar-refractivity contribution in [2.45, 2.75) is 78.1 Å². The molecule has 1 saturated carbocycles. The quantitative estimate of drug-likeness (QED) is 0.127. The molecule has 11 rings (SSSR count). The Hall–Kier alpha value is -7.49. The van der Waals surface area contributed by atoms with Gasteiger partial charge in [-0.3, -0.25) is 0 Å². The largest absolute Gasteiger partial charge is 0.344 e. The third-order valence-corrected chi connectivity index (χ3v) is 15.5. The molecule has 3 aliphatic rings. The van der Waals surface area contributed by atoms with E-state index in [1.165, 1.54) is 94.6 Å². The Morgan fingerprint density at radius 2 is 0.843 bits per heavy atom. The van der Waals surface area contributed by atoms with Crippen molar-refractivity contribution in [3.63, 3.8) is 0 Å². The molecule has 2 heterocycles. The van der Waals surface area contributed by atoms with Gasteiger partial charge in [0.25, 0.3) is 0 Å². The second kappa shape index (κ2) is 18.4. The van der Waals surface area contributed by atoms with Crippen molar-refractivity contribution in [3.8, 4) is 0 Å². The minimum atomic E-state index is -0.186. The summed E-state index contributed by atoms with van der Waals surface area (Å²) in [5.41, 5.74) is 19.4. The van der Waals surface area contributed by atoms with Crippen molar-refractivity contribution in [3.05, 3.63) is 262 Å². The van der Waals surface area contributed by atoms with Gasteiger partial charge in [0.2, 0.25) is 17.1 Å². The van der Waals surface area contributed by atoms with E-state index in [-0.39, 0.29) is 10.8 Å². The molecule has 0 amide bonds. The van der Waals surface area contributed by atoms with E-state index < -0.39 is 0 Å². The van der Waals surface area contributed by atoms with Crippen LogP contribution < -0.4 is 14.4 Å². The molecule has 0 radical (unpaired) electrons. The second-order valence-corrected chi connectivity index (χ2v) is 20.7. The topological polar surface area (TPSA) is 9.49 Å². The van der Waals surface area contributed by atoms with Crippen molar-refractivity contribution >= 4 is 50.0 Å². The highest BCUT2D eigenvalue weighted by Gasteiger charge is 2.42. The zero-order chi connectivity index (χ0) is 48.0. The molecule has 0 unspecified atom stereocenters. The highest BCUT2D eigenvalue weighted by molar-refractivity contribution is 6.17. The highest BCUT2D eigenvalue weighted by Crippen LogP contribution is 2.50. The SMILES string of the molecule is Cc1ccc2c(c1)C(C)(C)C(=CC=C1CCC(=CC=C3N(CCc4cccc5ccccc45)c4ccc(C)cc4C3(C)C)C1=[N+](c1ccccc1)c1ccccc1)N2CCc1cccc2ccccc12. The first-order valence-electron chi connectivity index (χ1n) is 25.4. The number of hydrogen-bond acceptors (Lipinski definition) is 2. The molecule has 0 N–H and O–H groups in total. The van der Waals surface area contributed by atoms with Crippen molar-refractivity contribution < 1.29 is 0 Å². The molecule has 346 valence electrons. The lowest BCUT2D eigenvalue weighted by atomic mass is 9.83. The van der Waals surface area contributed by atoms with Crippen LogP contribution in [0, 0.1) is 13.8 Å². The molecule has 0 bridgehead atoms. The van der Waals surface area contributed by atoms with E-state index >= 15 is 0 Å². The van der Waals surface area contributed by atoms with Gasteiger partial charge in [-0.2, -0.15) is 4.58 Å². The van der Waals surface area contributed by atoms with Crippen LogP contribution in [0.15, 0.2) is 229 Å². The van der Waals surface area contributed by atoms with E-state index in [1.54, 1.807) is 0 Å². The average molecular weight is 911 g/mol. The van der Waals surface area contributed by atoms with Crippen LogP contribution >= 0.6 is 0 Å². The molecule has 3 nitrogen and oxygen atoms in total. The van der Waals surface area contributed by atoms with Gasteiger partial charge in [0.1, 0.15) is 0 Å². The number of aryl methyl sites for hydroxylation is 2. The summed E-state index contributed by atoms with van der Waals surface area (Å²) in [6.45, 7) is 15.9. The van der Waals surface area contributed by atoms with E-state index in [2.05, 4.69) is 262 Å². The minimum absolute atomic E-state index is 0.186. The Morgan fingerprint density at radius 3 is 1.29 bits per heavy atom. The number of fused-ring (bicyclic) bond motifs is 4. The maximum absolute atomic E-state index is 2.62. The molecule has 70 heavy (non-hydrogen) atoms. The van der Waals surface area contributed by atoms with Crippen LogP contribution in [-0.4, -0.2) is 18.8 Å². The summed E-state index contributed by atoms with van der Waals surface area (Å²) in [6.07, 6.45) is 13.7. The fourth-order valence-electron chi connectivity index (χ4n) is 11.8. The minimum Gasteiger partial charge on any atom is -0.344 e. The average Bonchev–Trinajstić information content (AvgIpc) is 3.94. The first-order valence-corrected chi connectivity index (χ1v) is 25.4. The number of para-hydroxylation sites is 2. The molecule has 0 spiro atoms. The smallest absolute Gasteiger partial charge is 0.218 e. The van der Waals surface area contributed by atoms with Crippen LogP contribution in [0.5, 0.6) is 0 Å². The first kappa shape index (κ1) is 45.0. The molecule has 0 saturated heterocycles. The van der Waals surface area contributed by atoms with Crippen LogP contribution in [0.1, 0.15) is 73.9 Å². The Kier molecular flexibility index (Phi) is 11.9. The zero-order valence-corrected chi connectivity index (χ0v) is 41.7. The highest BCUT2D eigenvalue weighted by atomic mass is 15.2. The Balaban J connectivity index is 1.04. The van der Waals surface area contributed by atoms with Crippen LogP contribution in [0.4, 0.5) is 22.7 Å². The van der Waals surface area contributed by atoms with Crippen LogP contribution in [0.2, 0.25) is 0 Å². The third kappa shape index (κ3) is 8.22. The molecular weight excluding hydrogens is 847 g/mol. The van der Waals surface area contributed by atoms with Gasteiger partial charge < -0.3 is 9.80 Å². The van der Waals surface area contributed by atoms with Gasteiger partial charge >= 0.3 is 0 Å². The number of nitrogens with zero attached hydrogens (tertiary/aromatic N) is 3. The Bertz CT molecular complexity index is 3210. The lowest BCUT2D eigenvalue weighted by molar-refractivity contribution is 0.630. The van der Waals surface area contributed by atoms with E-state index in [0.717, 1.165) is 50.1 Å². The normalized spacial score (nSPS) is 18.2. The van der Waals surface area contributed by atoms with Gasteiger partial charge in [-0.15, -0.1) is 0 Å². The van der Waals surface area contributed by atoms with Crippen LogP contribution in [0.3, 0.4) is 0 Å². The molecule has 2 aliphatic heterocycles. The lowest BCUT2D eigenvalue weighted by Gasteiger charge is -2.27. The Morgan fingerprint density at radius 1 is 0.443 bits per heavy atom. The van der Waals surface area contributed by atoms with Gasteiger partial charge in [0, 0.05) is 82.1 Å². The first-order chi connectivity index (χ1) is 34.1. The van der Waals surface area contributed by atoms with Gasteiger partial charge in [-0.05, 0) is 108 Å². The fraction of sp³-hybridized carbons (Fsp3) is 0.209. The van der Waals surface area contributed by atoms with Crippen LogP contribution in [0.25, 0.3) is 21.5 Å². The molecule has 3 heteroatoms. The van der Waals surface area contributed by atoms with Gasteiger partial charge in [-0.1, -0.05) is 197 Å². The van der Waals surface area contributed by atoms with Gasteiger partial charge in [-0.25, -0.2) is 0 Å². The zero-order valence-electron chi connectivity index (χ0n) is 41.7. The predicted octanol–water partition coefficient (Wildman–Crippen LogP) is 16.4. The summed E-state index contributed by atoms with van der Waals surface area (Å²) < 4.78 is 2.51. The van der Waals surface area contributed by atoms with Crippen molar-refractivity contribution in [1.82, 2.24) is 4.58 Å². The predicted molar refractivity (Wildman–Crippen MR) is 299 cm³/mol. The molecule has 0 aromatic heterocycles. The maximum atomic E-state index is 2.62. The summed E-state index contributed by atoms with van der Waals surface area (Å²) in [4.78, 5) is 5.23. The van der Waals surface area contributed by atoms with Crippen molar-refractivity contribution in [2.75, 3.05) is 22.9 Å². The number of anilines is 2. The van der Waals surface area contributed by atoms with Crippen molar-refractivity contribution in [2.24, 2.45) is 0 Å². The molecule has 8 aromatic rings. The van der Waals surface area contributed by atoms with Crippen LogP contribution in [-0.2, 0) is 23.7 Å². The Labute approximate surface area is 415 Å². The van der Waals surface area contributed by atoms with E-state index in [9.17, 15) is 0 Å². The van der Waals surface area contributed by atoms with Crippen molar-refractivity contribution in [1.29, 1.82) is 0 Å². The summed E-state index contributed by atoms with van der Waals surface area (Å²) in [6, 6.07) is 67.2. The molecular formula is C67H64N3+. The molecule has 0 atom stereocenters. The summed E-state index contributed by atoms with van der Waals surface area (Å²) in [5.74, 6) is 0. The van der Waals surface area contributed by atoms with E-state index in [1.807, 2.05) is 0 Å².